The predicted octanol–water partition coefficient (Wildman–Crippen LogP) is 19.5. The summed E-state index contributed by atoms with van der Waals surface area (Å²) >= 11 is 1.89. The minimum atomic E-state index is -0.584. The van der Waals surface area contributed by atoms with Gasteiger partial charge in [-0.15, -0.1) is 11.3 Å². The van der Waals surface area contributed by atoms with Gasteiger partial charge in [-0.2, -0.15) is 0 Å². The van der Waals surface area contributed by atoms with E-state index in [0.29, 0.717) is 0 Å². The summed E-state index contributed by atoms with van der Waals surface area (Å²) in [5.74, 6) is 0. The summed E-state index contributed by atoms with van der Waals surface area (Å²) in [6.45, 7) is 6.74. The summed E-state index contributed by atoms with van der Waals surface area (Å²) in [5.41, 5.74) is 27.6. The van der Waals surface area contributed by atoms with Crippen molar-refractivity contribution in [1.82, 2.24) is 0 Å². The molecule has 0 N–H and O–H groups in total. The second kappa shape index (κ2) is 17.7. The van der Waals surface area contributed by atoms with Gasteiger partial charge in [0.15, 0.2) is 0 Å². The maximum absolute atomic E-state index is 2.71. The minimum absolute atomic E-state index is 0.0111. The van der Waals surface area contributed by atoms with E-state index in [1.54, 1.807) is 0 Å². The first kappa shape index (κ1) is 47.2. The molecule has 5 heteroatoms. The van der Waals surface area contributed by atoms with Crippen LogP contribution in [-0.4, -0.2) is 6.85 Å². The summed E-state index contributed by atoms with van der Waals surface area (Å²) in [4.78, 5) is 7.90. The lowest BCUT2D eigenvalue weighted by Gasteiger charge is -2.51. The van der Waals surface area contributed by atoms with Crippen LogP contribution in [-0.2, 0) is 10.8 Å². The van der Waals surface area contributed by atoms with Gasteiger partial charge in [-0.05, 0) is 156 Å². The summed E-state index contributed by atoms with van der Waals surface area (Å²) in [6, 6.07) is 103. The molecule has 0 saturated heterocycles. The number of benzene rings is 12. The molecule has 0 atom stereocenters. The molecule has 12 aromatic carbocycles. The van der Waals surface area contributed by atoms with Crippen molar-refractivity contribution in [2.45, 2.75) is 31.6 Å². The molecule has 386 valence electrons. The monoisotopic (exact) mass is 1060 g/mol. The number of para-hydroxylation sites is 2. The number of hydrogen-bond acceptors (Lipinski definition) is 4. The second-order valence-corrected chi connectivity index (χ2v) is 24.6. The van der Waals surface area contributed by atoms with Crippen molar-refractivity contribution >= 4 is 94.8 Å². The molecule has 0 saturated carbocycles. The average molecular weight is 1060 g/mol. The van der Waals surface area contributed by atoms with Crippen molar-refractivity contribution in [3.8, 4) is 44.5 Å². The lowest BCUT2D eigenvalue weighted by molar-refractivity contribution is 0.590. The summed E-state index contributed by atoms with van der Waals surface area (Å²) in [7, 11) is 0. The lowest BCUT2D eigenvalue weighted by Crippen LogP contribution is -2.62. The molecule has 4 heterocycles. The van der Waals surface area contributed by atoms with Crippen molar-refractivity contribution < 1.29 is 0 Å². The molecular formula is C77H54BN3S. The Morgan fingerprint density at radius 1 is 0.390 bits per heavy atom. The van der Waals surface area contributed by atoms with Gasteiger partial charge in [-0.3, -0.25) is 0 Å². The first-order chi connectivity index (χ1) is 40.3. The third-order valence-electron chi connectivity index (χ3n) is 18.1. The largest absolute Gasteiger partial charge is 0.376 e. The average Bonchev–Trinajstić information content (AvgIpc) is 2.59. The van der Waals surface area contributed by atoms with Crippen LogP contribution in [0, 0.1) is 0 Å². The molecular weight excluding hydrogens is 1010 g/mol. The van der Waals surface area contributed by atoms with Gasteiger partial charge in [0, 0.05) is 65.5 Å². The van der Waals surface area contributed by atoms with E-state index < -0.39 is 5.41 Å². The number of rotatable bonds is 6. The summed E-state index contributed by atoms with van der Waals surface area (Å²) in [5, 5.41) is 2.58. The minimum Gasteiger partial charge on any atom is -0.376 e. The zero-order valence-electron chi connectivity index (χ0n) is 45.8. The number of fused-ring (bicyclic) bond motifs is 16. The van der Waals surface area contributed by atoms with E-state index in [4.69, 9.17) is 0 Å². The lowest BCUT2D eigenvalue weighted by atomic mass is 9.42. The second-order valence-electron chi connectivity index (χ2n) is 23.6. The topological polar surface area (TPSA) is 9.72 Å². The van der Waals surface area contributed by atoms with E-state index in [1.807, 2.05) is 11.3 Å². The Balaban J connectivity index is 1.01. The Labute approximate surface area is 483 Å². The highest BCUT2D eigenvalue weighted by Crippen LogP contribution is 2.64. The number of nitrogens with zero attached hydrogens (tertiary/aromatic N) is 3. The van der Waals surface area contributed by atoms with Crippen LogP contribution >= 0.6 is 11.3 Å². The molecule has 17 rings (SSSR count). The molecule has 0 fully saturated rings. The Kier molecular flexibility index (Phi) is 10.2. The van der Waals surface area contributed by atoms with Gasteiger partial charge in [0.1, 0.15) is 0 Å². The van der Waals surface area contributed by atoms with Crippen molar-refractivity contribution in [1.29, 1.82) is 0 Å². The van der Waals surface area contributed by atoms with Crippen molar-refractivity contribution in [3.63, 3.8) is 0 Å². The van der Waals surface area contributed by atoms with Crippen LogP contribution in [0.15, 0.2) is 273 Å². The molecule has 0 unspecified atom stereocenters. The Hall–Kier alpha value is -9.68. The standard InChI is InChI=1S/C77H54BN3S/c1-76(2,3)53-39-41-54(42-40-53)81-70-47-62-60-31-12-17-38-72(60)82-73(62)48-61(70)63-45-57(79(55-27-18-25-51(43-55)49-21-6-4-7-22-49)56-28-19-26-52(44-56)50-23-8-5-9-24-50)46-71-74(63)78(81)68-36-20-35-67-75(68)80(71)69-37-16-15-34-66(69)77(67)64-32-13-10-29-58(64)59-30-11-14-33-65(59)77/h4-48H,1-3H3. The summed E-state index contributed by atoms with van der Waals surface area (Å²) in [6.07, 6.45) is 0. The van der Waals surface area contributed by atoms with Crippen LogP contribution in [0.4, 0.5) is 45.5 Å². The van der Waals surface area contributed by atoms with Crippen LogP contribution in [0.3, 0.4) is 0 Å². The van der Waals surface area contributed by atoms with E-state index in [0.717, 1.165) is 17.1 Å². The van der Waals surface area contributed by atoms with Crippen LogP contribution in [0.5, 0.6) is 0 Å². The highest BCUT2D eigenvalue weighted by molar-refractivity contribution is 7.25. The van der Waals surface area contributed by atoms with E-state index >= 15 is 0 Å². The first-order valence-electron chi connectivity index (χ1n) is 28.7. The molecule has 82 heavy (non-hydrogen) atoms. The highest BCUT2D eigenvalue weighted by atomic mass is 32.1. The maximum atomic E-state index is 2.71. The smallest absolute Gasteiger partial charge is 0.333 e. The van der Waals surface area contributed by atoms with Crippen LogP contribution < -0.4 is 25.5 Å². The fourth-order valence-corrected chi connectivity index (χ4v) is 15.7. The number of hydrogen-bond donors (Lipinski definition) is 0. The fourth-order valence-electron chi connectivity index (χ4n) is 14.6. The fraction of sp³-hybridized carbons (Fsp3) is 0.0649. The molecule has 3 nitrogen and oxygen atoms in total. The molecule has 0 bridgehead atoms. The van der Waals surface area contributed by atoms with Crippen LogP contribution in [0.25, 0.3) is 64.7 Å². The molecule has 0 amide bonds. The van der Waals surface area contributed by atoms with Crippen LogP contribution in [0.1, 0.15) is 48.6 Å². The van der Waals surface area contributed by atoms with E-state index in [9.17, 15) is 0 Å². The SMILES string of the molecule is CC(C)(C)c1ccc(N2B3c4cccc5c4N(c4ccccc4C54c5ccccc5-c5ccccc54)c4cc(N(c5cccc(-c6ccccc6)c5)c5cccc(-c6ccccc6)c5)cc(c43)-c3cc4sc5ccccc5c4cc32)cc1. The van der Waals surface area contributed by atoms with Gasteiger partial charge < -0.3 is 14.6 Å². The van der Waals surface area contributed by atoms with Gasteiger partial charge in [-0.25, -0.2) is 0 Å². The van der Waals surface area contributed by atoms with Gasteiger partial charge >= 0.3 is 6.85 Å². The van der Waals surface area contributed by atoms with E-state index in [2.05, 4.69) is 308 Å². The zero-order valence-corrected chi connectivity index (χ0v) is 46.6. The van der Waals surface area contributed by atoms with Crippen molar-refractivity contribution in [2.24, 2.45) is 0 Å². The third-order valence-corrected chi connectivity index (χ3v) is 19.3. The van der Waals surface area contributed by atoms with Crippen LogP contribution in [0.2, 0.25) is 0 Å². The molecule has 13 aromatic rings. The Morgan fingerprint density at radius 3 is 1.63 bits per heavy atom. The molecule has 4 aliphatic rings. The number of anilines is 8. The van der Waals surface area contributed by atoms with E-state index in [1.165, 1.54) is 132 Å². The predicted molar refractivity (Wildman–Crippen MR) is 348 cm³/mol. The van der Waals surface area contributed by atoms with Gasteiger partial charge in [0.05, 0.1) is 11.1 Å². The third kappa shape index (κ3) is 6.72. The molecule has 1 aliphatic carbocycles. The van der Waals surface area contributed by atoms with Crippen molar-refractivity contribution in [3.05, 3.63) is 301 Å². The highest BCUT2D eigenvalue weighted by Gasteiger charge is 2.56. The first-order valence-corrected chi connectivity index (χ1v) is 29.5. The van der Waals surface area contributed by atoms with Gasteiger partial charge in [0.2, 0.25) is 0 Å². The van der Waals surface area contributed by atoms with Gasteiger partial charge in [0.25, 0.3) is 0 Å². The zero-order chi connectivity index (χ0) is 54.4. The summed E-state index contributed by atoms with van der Waals surface area (Å²) < 4.78 is 2.58. The molecule has 3 aliphatic heterocycles. The maximum Gasteiger partial charge on any atom is 0.333 e. The quantitative estimate of drug-likeness (QED) is 0.154. The normalized spacial score (nSPS) is 13.8. The Morgan fingerprint density at radius 2 is 0.963 bits per heavy atom. The van der Waals surface area contributed by atoms with Gasteiger partial charge in [-0.1, -0.05) is 221 Å². The molecule has 0 radical (unpaired) electrons. The molecule has 1 aromatic heterocycles. The van der Waals surface area contributed by atoms with Crippen molar-refractivity contribution in [2.75, 3.05) is 14.6 Å². The Bertz CT molecular complexity index is 4640. The van der Waals surface area contributed by atoms with E-state index in [-0.39, 0.29) is 12.3 Å². The molecule has 1 spiro atoms. The number of thiophene rings is 1.